The number of carbonyl (C=O) groups excluding carboxylic acids is 2. The summed E-state index contributed by atoms with van der Waals surface area (Å²) < 4.78 is 10.2. The number of ether oxygens (including phenoxy) is 2. The van der Waals surface area contributed by atoms with E-state index in [-0.39, 0.29) is 12.5 Å². The molecule has 2 amide bonds. The number of hydrogen-bond donors (Lipinski definition) is 3. The Morgan fingerprint density at radius 1 is 1.00 bits per heavy atom. The third-order valence-electron chi connectivity index (χ3n) is 2.83. The lowest BCUT2D eigenvalue weighted by Gasteiger charge is -2.09. The number of nitrogens with one attached hydrogen (secondary N) is 2. The quantitative estimate of drug-likeness (QED) is 0.787. The molecule has 0 fully saturated rings. The van der Waals surface area contributed by atoms with Crippen LogP contribution in [-0.2, 0) is 9.53 Å². The molecule has 0 bridgehead atoms. The highest BCUT2D eigenvalue weighted by Crippen LogP contribution is 2.25. The maximum Gasteiger partial charge on any atom is 0.411 e. The monoisotopic (exact) mass is 315 g/mol. The summed E-state index contributed by atoms with van der Waals surface area (Å²) in [5.74, 6) is 0.872. The van der Waals surface area contributed by atoms with E-state index in [1.54, 1.807) is 48.5 Å². The van der Waals surface area contributed by atoms with Crippen molar-refractivity contribution >= 4 is 23.4 Å². The average Bonchev–Trinajstić information content (AvgIpc) is 2.56. The molecule has 0 aromatic heterocycles. The van der Waals surface area contributed by atoms with Gasteiger partial charge in [-0.1, -0.05) is 6.07 Å². The SMILES string of the molecule is COC(=O)Nc1ccc(Oc2cccc(NC(=O)CN)c2)cc1. The van der Waals surface area contributed by atoms with Gasteiger partial charge in [-0.05, 0) is 36.4 Å². The van der Waals surface area contributed by atoms with Crippen LogP contribution in [0.1, 0.15) is 0 Å². The predicted molar refractivity (Wildman–Crippen MR) is 86.7 cm³/mol. The van der Waals surface area contributed by atoms with Crippen LogP contribution in [0.25, 0.3) is 0 Å². The van der Waals surface area contributed by atoms with Gasteiger partial charge in [-0.2, -0.15) is 0 Å². The highest BCUT2D eigenvalue weighted by molar-refractivity contribution is 5.92. The zero-order valence-electron chi connectivity index (χ0n) is 12.5. The van der Waals surface area contributed by atoms with Crippen LogP contribution < -0.4 is 21.1 Å². The van der Waals surface area contributed by atoms with Crippen LogP contribution >= 0.6 is 0 Å². The van der Waals surface area contributed by atoms with Crippen LogP contribution in [0.5, 0.6) is 11.5 Å². The Bertz CT molecular complexity index is 686. The number of amides is 2. The van der Waals surface area contributed by atoms with E-state index >= 15 is 0 Å². The van der Waals surface area contributed by atoms with Crippen LogP contribution in [0.4, 0.5) is 16.2 Å². The molecule has 23 heavy (non-hydrogen) atoms. The Kier molecular flexibility index (Phi) is 5.54. The van der Waals surface area contributed by atoms with E-state index in [0.717, 1.165) is 0 Å². The molecule has 0 aliphatic heterocycles. The van der Waals surface area contributed by atoms with Gasteiger partial charge in [0.1, 0.15) is 11.5 Å². The van der Waals surface area contributed by atoms with E-state index in [9.17, 15) is 9.59 Å². The Morgan fingerprint density at radius 2 is 1.74 bits per heavy atom. The van der Waals surface area contributed by atoms with Gasteiger partial charge in [0.2, 0.25) is 5.91 Å². The molecule has 2 rings (SSSR count). The Labute approximate surface area is 133 Å². The lowest BCUT2D eigenvalue weighted by Crippen LogP contribution is -2.21. The summed E-state index contributed by atoms with van der Waals surface area (Å²) in [6.07, 6.45) is -0.540. The van der Waals surface area contributed by atoms with Crippen LogP contribution in [0.15, 0.2) is 48.5 Å². The molecule has 0 saturated heterocycles. The molecular formula is C16H17N3O4. The number of rotatable bonds is 5. The fraction of sp³-hybridized carbons (Fsp3) is 0.125. The van der Waals surface area contributed by atoms with E-state index in [4.69, 9.17) is 10.5 Å². The van der Waals surface area contributed by atoms with E-state index in [0.29, 0.717) is 22.9 Å². The first kappa shape index (κ1) is 16.3. The standard InChI is InChI=1S/C16H17N3O4/c1-22-16(21)19-11-5-7-13(8-6-11)23-14-4-2-3-12(9-14)18-15(20)10-17/h2-9H,10,17H2,1H3,(H,18,20)(H,19,21). The largest absolute Gasteiger partial charge is 0.457 e. The second-order valence-electron chi connectivity index (χ2n) is 4.52. The Balaban J connectivity index is 2.03. The minimum Gasteiger partial charge on any atom is -0.457 e. The molecule has 0 radical (unpaired) electrons. The summed E-state index contributed by atoms with van der Waals surface area (Å²) in [5, 5.41) is 5.19. The summed E-state index contributed by atoms with van der Waals surface area (Å²) in [7, 11) is 1.29. The first-order chi connectivity index (χ1) is 11.1. The first-order valence-electron chi connectivity index (χ1n) is 6.83. The summed E-state index contributed by atoms with van der Waals surface area (Å²) in [5.41, 5.74) is 6.45. The molecule has 0 heterocycles. The van der Waals surface area contributed by atoms with Crippen molar-refractivity contribution < 1.29 is 19.1 Å². The van der Waals surface area contributed by atoms with Crippen molar-refractivity contribution in [1.29, 1.82) is 0 Å². The van der Waals surface area contributed by atoms with Gasteiger partial charge in [0.15, 0.2) is 0 Å². The fourth-order valence-electron chi connectivity index (χ4n) is 1.76. The van der Waals surface area contributed by atoms with Crippen molar-refractivity contribution in [2.45, 2.75) is 0 Å². The molecule has 0 aliphatic rings. The van der Waals surface area contributed by atoms with Crippen molar-refractivity contribution in [3.05, 3.63) is 48.5 Å². The first-order valence-corrected chi connectivity index (χ1v) is 6.83. The lowest BCUT2D eigenvalue weighted by molar-refractivity contribution is -0.114. The van der Waals surface area contributed by atoms with Crippen LogP contribution in [0.2, 0.25) is 0 Å². The number of benzene rings is 2. The molecule has 2 aromatic carbocycles. The summed E-state index contributed by atoms with van der Waals surface area (Å²) in [6.45, 7) is -0.0836. The summed E-state index contributed by atoms with van der Waals surface area (Å²) >= 11 is 0. The second kappa shape index (κ2) is 7.81. The zero-order valence-corrected chi connectivity index (χ0v) is 12.5. The molecule has 4 N–H and O–H groups in total. The van der Waals surface area contributed by atoms with E-state index in [2.05, 4.69) is 15.4 Å². The van der Waals surface area contributed by atoms with Crippen LogP contribution in [-0.4, -0.2) is 25.7 Å². The minimum atomic E-state index is -0.540. The molecule has 0 spiro atoms. The van der Waals surface area contributed by atoms with Crippen molar-refractivity contribution in [2.24, 2.45) is 5.73 Å². The third kappa shape index (κ3) is 5.01. The van der Waals surface area contributed by atoms with E-state index in [1.807, 2.05) is 0 Å². The normalized spacial score (nSPS) is 9.83. The van der Waals surface area contributed by atoms with Gasteiger partial charge in [-0.3, -0.25) is 10.1 Å². The van der Waals surface area contributed by atoms with Crippen molar-refractivity contribution in [1.82, 2.24) is 0 Å². The number of anilines is 2. The highest BCUT2D eigenvalue weighted by Gasteiger charge is 2.04. The predicted octanol–water partition coefficient (Wildman–Crippen LogP) is 2.55. The molecule has 120 valence electrons. The smallest absolute Gasteiger partial charge is 0.411 e. The maximum absolute atomic E-state index is 11.3. The Morgan fingerprint density at radius 3 is 2.39 bits per heavy atom. The second-order valence-corrected chi connectivity index (χ2v) is 4.52. The van der Waals surface area contributed by atoms with Gasteiger partial charge in [0, 0.05) is 17.4 Å². The van der Waals surface area contributed by atoms with E-state index in [1.165, 1.54) is 7.11 Å². The molecule has 0 atom stereocenters. The van der Waals surface area contributed by atoms with Gasteiger partial charge in [0.05, 0.1) is 13.7 Å². The summed E-state index contributed by atoms with van der Waals surface area (Å²) in [4.78, 5) is 22.4. The topological polar surface area (TPSA) is 103 Å². The molecule has 0 aliphatic carbocycles. The number of nitrogens with two attached hydrogens (primary N) is 1. The molecule has 0 unspecified atom stereocenters. The molecule has 2 aromatic rings. The van der Waals surface area contributed by atoms with Crippen LogP contribution in [0.3, 0.4) is 0 Å². The number of hydrogen-bond acceptors (Lipinski definition) is 5. The van der Waals surface area contributed by atoms with Crippen molar-refractivity contribution in [3.8, 4) is 11.5 Å². The van der Waals surface area contributed by atoms with Gasteiger partial charge < -0.3 is 20.5 Å². The molecule has 7 nitrogen and oxygen atoms in total. The zero-order chi connectivity index (χ0) is 16.7. The minimum absolute atomic E-state index is 0.0836. The number of carbonyl (C=O) groups is 2. The van der Waals surface area contributed by atoms with Crippen molar-refractivity contribution in [2.75, 3.05) is 24.3 Å². The average molecular weight is 315 g/mol. The Hall–Kier alpha value is -3.06. The van der Waals surface area contributed by atoms with Gasteiger partial charge in [-0.15, -0.1) is 0 Å². The van der Waals surface area contributed by atoms with Gasteiger partial charge in [-0.25, -0.2) is 4.79 Å². The lowest BCUT2D eigenvalue weighted by atomic mass is 10.3. The van der Waals surface area contributed by atoms with E-state index < -0.39 is 6.09 Å². The summed E-state index contributed by atoms with van der Waals surface area (Å²) in [6, 6.07) is 13.7. The third-order valence-corrected chi connectivity index (χ3v) is 2.83. The van der Waals surface area contributed by atoms with Crippen LogP contribution in [0, 0.1) is 0 Å². The number of methoxy groups -OCH3 is 1. The maximum atomic E-state index is 11.3. The van der Waals surface area contributed by atoms with Gasteiger partial charge in [0.25, 0.3) is 0 Å². The van der Waals surface area contributed by atoms with Gasteiger partial charge >= 0.3 is 6.09 Å². The fourth-order valence-corrected chi connectivity index (χ4v) is 1.76. The highest BCUT2D eigenvalue weighted by atomic mass is 16.5. The molecule has 7 heteroatoms. The molecule has 0 saturated carbocycles. The van der Waals surface area contributed by atoms with Crippen molar-refractivity contribution in [3.63, 3.8) is 0 Å². The molecular weight excluding hydrogens is 298 g/mol.